The summed E-state index contributed by atoms with van der Waals surface area (Å²) in [6.45, 7) is 0.965. The van der Waals surface area contributed by atoms with Crippen molar-refractivity contribution in [1.82, 2.24) is 29.8 Å². The van der Waals surface area contributed by atoms with Gasteiger partial charge in [-0.3, -0.25) is 4.98 Å². The van der Waals surface area contributed by atoms with Crippen molar-refractivity contribution in [2.45, 2.75) is 6.42 Å². The van der Waals surface area contributed by atoms with Crippen molar-refractivity contribution < 1.29 is 0 Å². The van der Waals surface area contributed by atoms with Gasteiger partial charge in [0.2, 0.25) is 5.95 Å². The van der Waals surface area contributed by atoms with Crippen LogP contribution in [0.1, 0.15) is 5.56 Å². The van der Waals surface area contributed by atoms with Gasteiger partial charge >= 0.3 is 0 Å². The van der Waals surface area contributed by atoms with Gasteiger partial charge in [0.1, 0.15) is 11.3 Å². The lowest BCUT2D eigenvalue weighted by Gasteiger charge is -2.07. The fraction of sp³-hybridized carbons (Fsp3) is 0.200. The SMILES string of the molecule is CNCCc1ccc(Nc2ncc3nc(-c4ccncc4)n(C)c3n2)cc1. The molecule has 136 valence electrons. The van der Waals surface area contributed by atoms with Gasteiger partial charge in [-0.25, -0.2) is 9.97 Å². The summed E-state index contributed by atoms with van der Waals surface area (Å²) in [6, 6.07) is 12.2. The molecule has 3 heterocycles. The zero-order valence-electron chi connectivity index (χ0n) is 15.3. The molecule has 0 atom stereocenters. The number of pyridine rings is 1. The van der Waals surface area contributed by atoms with Crippen LogP contribution in [-0.4, -0.2) is 38.1 Å². The molecule has 0 spiro atoms. The van der Waals surface area contributed by atoms with Crippen LogP contribution in [0.5, 0.6) is 0 Å². The molecule has 0 aliphatic carbocycles. The molecular formula is C20H21N7. The molecule has 0 saturated carbocycles. The lowest BCUT2D eigenvalue weighted by Crippen LogP contribution is -2.10. The number of benzene rings is 1. The summed E-state index contributed by atoms with van der Waals surface area (Å²) >= 11 is 0. The molecule has 0 bridgehead atoms. The fourth-order valence-electron chi connectivity index (χ4n) is 2.95. The predicted octanol–water partition coefficient (Wildman–Crippen LogP) is 2.93. The van der Waals surface area contributed by atoms with E-state index in [1.807, 2.05) is 42.9 Å². The number of hydrogen-bond acceptors (Lipinski definition) is 6. The van der Waals surface area contributed by atoms with Crippen molar-refractivity contribution in [1.29, 1.82) is 0 Å². The van der Waals surface area contributed by atoms with Crippen molar-refractivity contribution in [3.8, 4) is 11.4 Å². The first-order valence-corrected chi connectivity index (χ1v) is 8.85. The zero-order valence-corrected chi connectivity index (χ0v) is 15.3. The predicted molar refractivity (Wildman–Crippen MR) is 107 cm³/mol. The van der Waals surface area contributed by atoms with E-state index in [4.69, 9.17) is 0 Å². The highest BCUT2D eigenvalue weighted by Crippen LogP contribution is 2.23. The maximum absolute atomic E-state index is 4.65. The summed E-state index contributed by atoms with van der Waals surface area (Å²) in [5.74, 6) is 1.39. The molecule has 3 aromatic heterocycles. The number of hydrogen-bond donors (Lipinski definition) is 2. The van der Waals surface area contributed by atoms with E-state index in [2.05, 4.69) is 42.7 Å². The molecule has 1 aromatic carbocycles. The van der Waals surface area contributed by atoms with Crippen LogP contribution in [0.3, 0.4) is 0 Å². The second kappa shape index (κ2) is 7.51. The van der Waals surface area contributed by atoms with E-state index >= 15 is 0 Å². The maximum Gasteiger partial charge on any atom is 0.229 e. The maximum atomic E-state index is 4.65. The minimum absolute atomic E-state index is 0.551. The van der Waals surface area contributed by atoms with Gasteiger partial charge in [0.25, 0.3) is 0 Å². The molecule has 0 unspecified atom stereocenters. The van der Waals surface area contributed by atoms with Crippen molar-refractivity contribution in [2.24, 2.45) is 7.05 Å². The number of rotatable bonds is 6. The van der Waals surface area contributed by atoms with Gasteiger partial charge < -0.3 is 15.2 Å². The minimum atomic E-state index is 0.551. The molecule has 0 aliphatic rings. The second-order valence-electron chi connectivity index (χ2n) is 6.31. The number of anilines is 2. The summed E-state index contributed by atoms with van der Waals surface area (Å²) < 4.78 is 1.97. The molecule has 4 rings (SSSR count). The van der Waals surface area contributed by atoms with E-state index in [0.717, 1.165) is 41.2 Å². The Hall–Kier alpha value is -3.32. The lowest BCUT2D eigenvalue weighted by molar-refractivity contribution is 0.792. The smallest absolute Gasteiger partial charge is 0.229 e. The van der Waals surface area contributed by atoms with E-state index < -0.39 is 0 Å². The minimum Gasteiger partial charge on any atom is -0.324 e. The quantitative estimate of drug-likeness (QED) is 0.551. The van der Waals surface area contributed by atoms with Crippen molar-refractivity contribution in [2.75, 3.05) is 18.9 Å². The molecule has 7 nitrogen and oxygen atoms in total. The number of imidazole rings is 1. The largest absolute Gasteiger partial charge is 0.324 e. The Balaban J connectivity index is 1.59. The molecule has 2 N–H and O–H groups in total. The van der Waals surface area contributed by atoms with Crippen LogP contribution in [0, 0.1) is 0 Å². The molecule has 0 aliphatic heterocycles. The van der Waals surface area contributed by atoms with Gasteiger partial charge in [-0.1, -0.05) is 12.1 Å². The summed E-state index contributed by atoms with van der Waals surface area (Å²) in [6.07, 6.45) is 6.27. The zero-order chi connectivity index (χ0) is 18.6. The number of nitrogens with zero attached hydrogens (tertiary/aromatic N) is 5. The Bertz CT molecular complexity index is 1040. The van der Waals surface area contributed by atoms with E-state index in [0.29, 0.717) is 5.95 Å². The van der Waals surface area contributed by atoms with Gasteiger partial charge in [0.05, 0.1) is 6.20 Å². The molecule has 7 heteroatoms. The first-order valence-electron chi connectivity index (χ1n) is 8.85. The normalized spacial score (nSPS) is 11.0. The van der Waals surface area contributed by atoms with Crippen LogP contribution in [0.25, 0.3) is 22.6 Å². The fourth-order valence-corrected chi connectivity index (χ4v) is 2.95. The average Bonchev–Trinajstić information content (AvgIpc) is 3.04. The van der Waals surface area contributed by atoms with Crippen molar-refractivity contribution in [3.05, 3.63) is 60.6 Å². The van der Waals surface area contributed by atoms with Crippen LogP contribution in [-0.2, 0) is 13.5 Å². The van der Waals surface area contributed by atoms with Crippen LogP contribution >= 0.6 is 0 Å². The number of likely N-dealkylation sites (N-methyl/N-ethyl adjacent to an activating group) is 1. The lowest BCUT2D eigenvalue weighted by atomic mass is 10.1. The van der Waals surface area contributed by atoms with E-state index in [9.17, 15) is 0 Å². The van der Waals surface area contributed by atoms with Gasteiger partial charge in [-0.2, -0.15) is 4.98 Å². The third kappa shape index (κ3) is 3.63. The van der Waals surface area contributed by atoms with Crippen LogP contribution in [0.4, 0.5) is 11.6 Å². The van der Waals surface area contributed by atoms with Crippen LogP contribution in [0.15, 0.2) is 55.0 Å². The van der Waals surface area contributed by atoms with Gasteiger partial charge in [0, 0.05) is 30.7 Å². The monoisotopic (exact) mass is 359 g/mol. The molecule has 0 amide bonds. The average molecular weight is 359 g/mol. The molecule has 0 radical (unpaired) electrons. The van der Waals surface area contributed by atoms with Gasteiger partial charge in [-0.15, -0.1) is 0 Å². The number of aromatic nitrogens is 5. The van der Waals surface area contributed by atoms with E-state index in [1.165, 1.54) is 5.56 Å². The number of fused-ring (bicyclic) bond motifs is 1. The molecule has 27 heavy (non-hydrogen) atoms. The molecular weight excluding hydrogens is 338 g/mol. The molecule has 0 saturated heterocycles. The highest BCUT2D eigenvalue weighted by molar-refractivity contribution is 5.77. The Morgan fingerprint density at radius 1 is 1.00 bits per heavy atom. The number of nitrogens with one attached hydrogen (secondary N) is 2. The van der Waals surface area contributed by atoms with Gasteiger partial charge in [-0.05, 0) is 49.8 Å². The topological polar surface area (TPSA) is 80.5 Å². The second-order valence-corrected chi connectivity index (χ2v) is 6.31. The third-order valence-corrected chi connectivity index (χ3v) is 4.42. The van der Waals surface area contributed by atoms with Crippen LogP contribution in [0.2, 0.25) is 0 Å². The highest BCUT2D eigenvalue weighted by Gasteiger charge is 2.12. The van der Waals surface area contributed by atoms with Crippen molar-refractivity contribution in [3.63, 3.8) is 0 Å². The summed E-state index contributed by atoms with van der Waals surface area (Å²) in [4.78, 5) is 17.7. The highest BCUT2D eigenvalue weighted by atomic mass is 15.2. The van der Waals surface area contributed by atoms with Crippen LogP contribution < -0.4 is 10.6 Å². The Labute approximate surface area is 157 Å². The molecule has 4 aromatic rings. The Kier molecular flexibility index (Phi) is 4.76. The summed E-state index contributed by atoms with van der Waals surface area (Å²) in [7, 11) is 3.92. The Morgan fingerprint density at radius 2 is 1.78 bits per heavy atom. The van der Waals surface area contributed by atoms with Gasteiger partial charge in [0.15, 0.2) is 5.65 Å². The Morgan fingerprint density at radius 3 is 2.52 bits per heavy atom. The summed E-state index contributed by atoms with van der Waals surface area (Å²) in [5.41, 5.74) is 4.79. The van der Waals surface area contributed by atoms with E-state index in [-0.39, 0.29) is 0 Å². The standard InChI is InChI=1S/C20H21N7/c1-21-10-7-14-3-5-16(6-4-14)24-20-23-13-17-19(26-20)27(2)18(25-17)15-8-11-22-12-9-15/h3-6,8-9,11-13,21H,7,10H2,1-2H3,(H,23,24,26). The first kappa shape index (κ1) is 17.1. The first-order chi connectivity index (χ1) is 13.2. The number of aryl methyl sites for hydroxylation is 1. The molecule has 0 fully saturated rings. The third-order valence-electron chi connectivity index (χ3n) is 4.42. The van der Waals surface area contributed by atoms with Crippen molar-refractivity contribution >= 4 is 22.8 Å². The summed E-state index contributed by atoms with van der Waals surface area (Å²) in [5, 5.41) is 6.43. The van der Waals surface area contributed by atoms with E-state index in [1.54, 1.807) is 18.6 Å².